The molecule has 5 heteroatoms. The van der Waals surface area contributed by atoms with E-state index < -0.39 is 0 Å². The highest BCUT2D eigenvalue weighted by Gasteiger charge is 2.30. The summed E-state index contributed by atoms with van der Waals surface area (Å²) in [7, 11) is 0. The van der Waals surface area contributed by atoms with E-state index in [2.05, 4.69) is 11.6 Å². The van der Waals surface area contributed by atoms with Crippen molar-refractivity contribution in [3.63, 3.8) is 0 Å². The smallest absolute Gasteiger partial charge is 0.242 e. The maximum atomic E-state index is 12.0. The maximum absolute atomic E-state index is 12.0. The monoisotopic (exact) mass is 256 g/mol. The van der Waals surface area contributed by atoms with E-state index in [9.17, 15) is 9.59 Å². The zero-order chi connectivity index (χ0) is 12.3. The molecule has 2 unspecified atom stereocenters. The third-order valence-electron chi connectivity index (χ3n) is 3.71. The van der Waals surface area contributed by atoms with Crippen LogP contribution in [0.3, 0.4) is 0 Å². The molecule has 0 spiro atoms. The normalized spacial score (nSPS) is 31.0. The number of amides is 2. The van der Waals surface area contributed by atoms with Crippen LogP contribution in [0.25, 0.3) is 0 Å². The minimum absolute atomic E-state index is 0.00178. The van der Waals surface area contributed by atoms with Crippen LogP contribution in [0.1, 0.15) is 32.1 Å². The fourth-order valence-electron chi connectivity index (χ4n) is 2.71. The fraction of sp³-hybridized carbons (Fsp3) is 0.833. The average Bonchev–Trinajstić information content (AvgIpc) is 2.52. The molecule has 0 radical (unpaired) electrons. The summed E-state index contributed by atoms with van der Waals surface area (Å²) in [4.78, 5) is 25.2. The quantitative estimate of drug-likeness (QED) is 0.802. The number of carbonyl (C=O) groups excluding carboxylic acids is 2. The molecule has 1 saturated heterocycles. The highest BCUT2D eigenvalue weighted by molar-refractivity contribution is 7.99. The predicted molar refractivity (Wildman–Crippen MR) is 68.9 cm³/mol. The van der Waals surface area contributed by atoms with Gasteiger partial charge in [0.1, 0.15) is 0 Å². The van der Waals surface area contributed by atoms with E-state index in [1.165, 1.54) is 12.8 Å². The lowest BCUT2D eigenvalue weighted by Gasteiger charge is -2.36. The van der Waals surface area contributed by atoms with E-state index in [0.717, 1.165) is 12.8 Å². The maximum Gasteiger partial charge on any atom is 0.242 e. The number of hydrogen-bond donors (Lipinski definition) is 1. The topological polar surface area (TPSA) is 49.4 Å². The summed E-state index contributed by atoms with van der Waals surface area (Å²) in [6, 6.07) is 0.349. The van der Waals surface area contributed by atoms with Crippen LogP contribution in [0.2, 0.25) is 0 Å². The molecule has 1 aliphatic heterocycles. The Morgan fingerprint density at radius 2 is 2.18 bits per heavy atom. The molecule has 2 rings (SSSR count). The van der Waals surface area contributed by atoms with Crippen LogP contribution in [0.4, 0.5) is 0 Å². The lowest BCUT2D eigenvalue weighted by molar-refractivity contribution is -0.132. The van der Waals surface area contributed by atoms with Gasteiger partial charge in [0.2, 0.25) is 11.8 Å². The third-order valence-corrected chi connectivity index (χ3v) is 4.80. The highest BCUT2D eigenvalue weighted by atomic mass is 32.2. The van der Waals surface area contributed by atoms with Crippen molar-refractivity contribution < 1.29 is 9.59 Å². The Bertz CT molecular complexity index is 309. The molecular formula is C12H20N2O2S. The Labute approximate surface area is 106 Å². The Balaban J connectivity index is 1.99. The number of rotatable bonds is 2. The van der Waals surface area contributed by atoms with Gasteiger partial charge in [0, 0.05) is 24.3 Å². The second-order valence-corrected chi connectivity index (χ2v) is 5.93. The van der Waals surface area contributed by atoms with Gasteiger partial charge in [-0.2, -0.15) is 11.8 Å². The predicted octanol–water partition coefficient (Wildman–Crippen LogP) is 1.01. The molecule has 0 aromatic rings. The molecule has 1 aliphatic carbocycles. The van der Waals surface area contributed by atoms with Crippen molar-refractivity contribution in [3.05, 3.63) is 0 Å². The van der Waals surface area contributed by atoms with Crippen LogP contribution in [0, 0.1) is 0 Å². The van der Waals surface area contributed by atoms with E-state index in [0.29, 0.717) is 24.3 Å². The molecule has 2 fully saturated rings. The number of nitrogens with zero attached hydrogens (tertiary/aromatic N) is 1. The molecule has 1 N–H and O–H groups in total. The van der Waals surface area contributed by atoms with E-state index in [4.69, 9.17) is 0 Å². The molecule has 2 atom stereocenters. The summed E-state index contributed by atoms with van der Waals surface area (Å²) in [5, 5.41) is 3.33. The summed E-state index contributed by atoms with van der Waals surface area (Å²) in [6.45, 7) is 0.774. The van der Waals surface area contributed by atoms with Gasteiger partial charge in [0.25, 0.3) is 0 Å². The van der Waals surface area contributed by atoms with Gasteiger partial charge in [0.15, 0.2) is 0 Å². The fourth-order valence-corrected chi connectivity index (χ4v) is 3.53. The summed E-state index contributed by atoms with van der Waals surface area (Å²) in [5.41, 5.74) is 0. The Kier molecular flexibility index (Phi) is 4.31. The largest absolute Gasteiger partial charge is 0.347 e. The molecule has 1 saturated carbocycles. The van der Waals surface area contributed by atoms with Gasteiger partial charge < -0.3 is 10.2 Å². The number of hydrogen-bond acceptors (Lipinski definition) is 3. The molecule has 0 aromatic carbocycles. The van der Waals surface area contributed by atoms with Gasteiger partial charge in [-0.25, -0.2) is 0 Å². The van der Waals surface area contributed by atoms with Crippen LogP contribution in [-0.4, -0.2) is 47.4 Å². The van der Waals surface area contributed by atoms with Crippen molar-refractivity contribution in [2.45, 2.75) is 43.4 Å². The number of thioether (sulfide) groups is 1. The second kappa shape index (κ2) is 5.76. The van der Waals surface area contributed by atoms with Crippen LogP contribution in [0.5, 0.6) is 0 Å². The zero-order valence-electron chi connectivity index (χ0n) is 10.3. The van der Waals surface area contributed by atoms with Crippen molar-refractivity contribution >= 4 is 23.6 Å². The Morgan fingerprint density at radius 1 is 1.35 bits per heavy atom. The van der Waals surface area contributed by atoms with E-state index in [-0.39, 0.29) is 18.4 Å². The second-order valence-electron chi connectivity index (χ2n) is 4.79. The van der Waals surface area contributed by atoms with Crippen molar-refractivity contribution in [3.8, 4) is 0 Å². The van der Waals surface area contributed by atoms with Crippen molar-refractivity contribution in [2.24, 2.45) is 0 Å². The van der Waals surface area contributed by atoms with Crippen LogP contribution in [0.15, 0.2) is 0 Å². The van der Waals surface area contributed by atoms with Gasteiger partial charge in [-0.05, 0) is 25.5 Å². The summed E-state index contributed by atoms with van der Waals surface area (Å²) in [5.74, 6) is 0.0840. The number of nitrogens with one attached hydrogen (secondary N) is 1. The molecule has 2 amide bonds. The van der Waals surface area contributed by atoms with Gasteiger partial charge in [-0.3, -0.25) is 9.59 Å². The first kappa shape index (κ1) is 12.7. The molecule has 0 bridgehead atoms. The molecule has 4 nitrogen and oxygen atoms in total. The summed E-state index contributed by atoms with van der Waals surface area (Å²) in [6.07, 6.45) is 7.23. The van der Waals surface area contributed by atoms with Gasteiger partial charge >= 0.3 is 0 Å². The van der Waals surface area contributed by atoms with Crippen LogP contribution >= 0.6 is 11.8 Å². The summed E-state index contributed by atoms with van der Waals surface area (Å²) < 4.78 is 0. The van der Waals surface area contributed by atoms with Gasteiger partial charge in [-0.1, -0.05) is 6.42 Å². The highest BCUT2D eigenvalue weighted by Crippen LogP contribution is 2.30. The van der Waals surface area contributed by atoms with Crippen molar-refractivity contribution in [2.75, 3.05) is 19.3 Å². The van der Waals surface area contributed by atoms with Crippen molar-refractivity contribution in [1.29, 1.82) is 0 Å². The minimum Gasteiger partial charge on any atom is -0.347 e. The first-order valence-corrected chi connectivity index (χ1v) is 7.58. The van der Waals surface area contributed by atoms with Gasteiger partial charge in [0.05, 0.1) is 6.54 Å². The van der Waals surface area contributed by atoms with Crippen LogP contribution < -0.4 is 5.32 Å². The number of carbonyl (C=O) groups is 2. The Morgan fingerprint density at radius 3 is 2.94 bits per heavy atom. The molecule has 1 heterocycles. The van der Waals surface area contributed by atoms with E-state index in [1.807, 2.05) is 16.7 Å². The van der Waals surface area contributed by atoms with Crippen molar-refractivity contribution in [1.82, 2.24) is 10.2 Å². The van der Waals surface area contributed by atoms with Crippen LogP contribution in [-0.2, 0) is 9.59 Å². The lowest BCUT2D eigenvalue weighted by Crippen LogP contribution is -2.45. The van der Waals surface area contributed by atoms with E-state index in [1.54, 1.807) is 0 Å². The lowest BCUT2D eigenvalue weighted by atomic mass is 9.93. The first-order chi connectivity index (χ1) is 8.20. The molecule has 2 aliphatic rings. The standard InChI is InChI=1S/C12H20N2O2S/c1-17-10-4-2-3-9(7-10)14-6-5-11(15)13-8-12(14)16/h9-10H,2-8H2,1H3,(H,13,15). The summed E-state index contributed by atoms with van der Waals surface area (Å²) >= 11 is 1.90. The van der Waals surface area contributed by atoms with Gasteiger partial charge in [-0.15, -0.1) is 0 Å². The zero-order valence-corrected chi connectivity index (χ0v) is 11.1. The molecular weight excluding hydrogens is 236 g/mol. The molecule has 96 valence electrons. The first-order valence-electron chi connectivity index (χ1n) is 6.29. The SMILES string of the molecule is CSC1CCCC(N2CCC(=O)NCC2=O)C1. The average molecular weight is 256 g/mol. The third kappa shape index (κ3) is 3.15. The Hall–Kier alpha value is -0.710. The minimum atomic E-state index is -0.00178. The van der Waals surface area contributed by atoms with E-state index >= 15 is 0 Å². The molecule has 0 aromatic heterocycles. The molecule has 17 heavy (non-hydrogen) atoms.